The summed E-state index contributed by atoms with van der Waals surface area (Å²) in [6, 6.07) is 9.74. The lowest BCUT2D eigenvalue weighted by Crippen LogP contribution is -2.52. The molecule has 1 aliphatic rings. The smallest absolute Gasteiger partial charge is 0.314 e. The molecule has 1 aromatic carbocycles. The zero-order chi connectivity index (χ0) is 15.9. The minimum Gasteiger partial charge on any atom is -0.481 e. The first-order valence-electron chi connectivity index (χ1n) is 7.58. The van der Waals surface area contributed by atoms with Crippen molar-refractivity contribution in [2.24, 2.45) is 11.7 Å². The summed E-state index contributed by atoms with van der Waals surface area (Å²) in [6.07, 6.45) is 1.56. The highest BCUT2D eigenvalue weighted by Crippen LogP contribution is 2.21. The highest BCUT2D eigenvalue weighted by atomic mass is 16.4. The van der Waals surface area contributed by atoms with Crippen LogP contribution in [0, 0.1) is 5.92 Å². The average Bonchev–Trinajstić information content (AvgIpc) is 2.52. The average molecular weight is 305 g/mol. The SMILES string of the molecule is NC(=O)N1CC(CCC(=O)O)CC(NCc2ccccc2)C1. The van der Waals surface area contributed by atoms with E-state index in [0.29, 0.717) is 19.5 Å². The summed E-state index contributed by atoms with van der Waals surface area (Å²) in [5, 5.41) is 12.3. The van der Waals surface area contributed by atoms with Crippen LogP contribution in [0.15, 0.2) is 30.3 Å². The minimum absolute atomic E-state index is 0.128. The number of nitrogens with two attached hydrogens (primary N) is 1. The quantitative estimate of drug-likeness (QED) is 0.740. The Labute approximate surface area is 130 Å². The molecule has 2 atom stereocenters. The van der Waals surface area contributed by atoms with Gasteiger partial charge in [-0.3, -0.25) is 4.79 Å². The van der Waals surface area contributed by atoms with Crippen LogP contribution in [0.3, 0.4) is 0 Å². The Morgan fingerprint density at radius 1 is 1.27 bits per heavy atom. The number of hydrogen-bond donors (Lipinski definition) is 3. The van der Waals surface area contributed by atoms with Gasteiger partial charge in [0.05, 0.1) is 0 Å². The number of amides is 2. The maximum Gasteiger partial charge on any atom is 0.314 e. The van der Waals surface area contributed by atoms with Crippen molar-refractivity contribution >= 4 is 12.0 Å². The third-order valence-electron chi connectivity index (χ3n) is 4.05. The van der Waals surface area contributed by atoms with Crippen LogP contribution in [0.5, 0.6) is 0 Å². The highest BCUT2D eigenvalue weighted by Gasteiger charge is 2.28. The van der Waals surface area contributed by atoms with Crippen molar-refractivity contribution in [3.05, 3.63) is 35.9 Å². The molecule has 0 spiro atoms. The summed E-state index contributed by atoms with van der Waals surface area (Å²) in [7, 11) is 0. The van der Waals surface area contributed by atoms with E-state index in [1.807, 2.05) is 30.3 Å². The maximum atomic E-state index is 11.5. The van der Waals surface area contributed by atoms with Gasteiger partial charge in [0.25, 0.3) is 0 Å². The van der Waals surface area contributed by atoms with Crippen LogP contribution in [0.4, 0.5) is 4.79 Å². The van der Waals surface area contributed by atoms with Gasteiger partial charge >= 0.3 is 12.0 Å². The van der Waals surface area contributed by atoms with Gasteiger partial charge in [0.1, 0.15) is 0 Å². The fourth-order valence-corrected chi connectivity index (χ4v) is 2.93. The lowest BCUT2D eigenvalue weighted by molar-refractivity contribution is -0.137. The molecule has 2 rings (SSSR count). The molecule has 6 heteroatoms. The molecule has 0 aliphatic carbocycles. The highest BCUT2D eigenvalue weighted by molar-refractivity contribution is 5.72. The molecule has 22 heavy (non-hydrogen) atoms. The number of carbonyl (C=O) groups is 2. The number of rotatable bonds is 6. The molecule has 1 aromatic rings. The Morgan fingerprint density at radius 3 is 2.64 bits per heavy atom. The molecule has 120 valence electrons. The second-order valence-electron chi connectivity index (χ2n) is 5.84. The van der Waals surface area contributed by atoms with E-state index < -0.39 is 12.0 Å². The molecule has 1 saturated heterocycles. The summed E-state index contributed by atoms with van der Waals surface area (Å²) < 4.78 is 0. The summed E-state index contributed by atoms with van der Waals surface area (Å²) in [6.45, 7) is 1.85. The topological polar surface area (TPSA) is 95.7 Å². The Kier molecular flexibility index (Phi) is 5.77. The zero-order valence-corrected chi connectivity index (χ0v) is 12.6. The van der Waals surface area contributed by atoms with Crippen molar-refractivity contribution in [1.82, 2.24) is 10.2 Å². The van der Waals surface area contributed by atoms with Gasteiger partial charge < -0.3 is 21.1 Å². The van der Waals surface area contributed by atoms with Gasteiger partial charge in [0, 0.05) is 32.1 Å². The first-order chi connectivity index (χ1) is 10.5. The van der Waals surface area contributed by atoms with Crippen molar-refractivity contribution in [3.8, 4) is 0 Å². The molecule has 6 nitrogen and oxygen atoms in total. The van der Waals surface area contributed by atoms with E-state index in [4.69, 9.17) is 10.8 Å². The molecular formula is C16H23N3O3. The molecule has 1 aliphatic heterocycles. The van der Waals surface area contributed by atoms with Crippen LogP contribution < -0.4 is 11.1 Å². The number of likely N-dealkylation sites (tertiary alicyclic amines) is 1. The number of aliphatic carboxylic acids is 1. The number of primary amides is 1. The van der Waals surface area contributed by atoms with Crippen molar-refractivity contribution in [2.45, 2.75) is 31.8 Å². The first-order valence-corrected chi connectivity index (χ1v) is 7.58. The van der Waals surface area contributed by atoms with E-state index >= 15 is 0 Å². The Balaban J connectivity index is 1.90. The lowest BCUT2D eigenvalue weighted by Gasteiger charge is -2.37. The van der Waals surface area contributed by atoms with Gasteiger partial charge in [0.2, 0.25) is 0 Å². The number of benzene rings is 1. The summed E-state index contributed by atoms with van der Waals surface area (Å²) >= 11 is 0. The Morgan fingerprint density at radius 2 is 2.00 bits per heavy atom. The van der Waals surface area contributed by atoms with E-state index in [9.17, 15) is 9.59 Å². The van der Waals surface area contributed by atoms with Crippen LogP contribution in [0.25, 0.3) is 0 Å². The van der Waals surface area contributed by atoms with E-state index in [1.54, 1.807) is 4.90 Å². The van der Waals surface area contributed by atoms with E-state index in [2.05, 4.69) is 5.32 Å². The fourth-order valence-electron chi connectivity index (χ4n) is 2.93. The van der Waals surface area contributed by atoms with Gasteiger partial charge in [-0.1, -0.05) is 30.3 Å². The molecule has 2 unspecified atom stereocenters. The molecule has 0 radical (unpaired) electrons. The summed E-state index contributed by atoms with van der Waals surface area (Å²) in [5.74, 6) is -0.629. The fraction of sp³-hybridized carbons (Fsp3) is 0.500. The molecule has 0 bridgehead atoms. The predicted octanol–water partition coefficient (Wildman–Crippen LogP) is 1.41. The number of piperidine rings is 1. The molecule has 0 aromatic heterocycles. The molecular weight excluding hydrogens is 282 g/mol. The van der Waals surface area contributed by atoms with Crippen LogP contribution in [0.1, 0.15) is 24.8 Å². The second kappa shape index (κ2) is 7.79. The van der Waals surface area contributed by atoms with Crippen molar-refractivity contribution in [3.63, 3.8) is 0 Å². The van der Waals surface area contributed by atoms with Crippen LogP contribution in [0.2, 0.25) is 0 Å². The number of urea groups is 1. The van der Waals surface area contributed by atoms with Crippen LogP contribution >= 0.6 is 0 Å². The van der Waals surface area contributed by atoms with Crippen LogP contribution in [-0.4, -0.2) is 41.1 Å². The third-order valence-corrected chi connectivity index (χ3v) is 4.05. The molecule has 4 N–H and O–H groups in total. The van der Waals surface area contributed by atoms with Gasteiger partial charge in [-0.2, -0.15) is 0 Å². The molecule has 1 fully saturated rings. The van der Waals surface area contributed by atoms with E-state index in [0.717, 1.165) is 13.0 Å². The van der Waals surface area contributed by atoms with E-state index in [-0.39, 0.29) is 18.4 Å². The first kappa shape index (κ1) is 16.3. The molecule has 2 amide bonds. The van der Waals surface area contributed by atoms with Gasteiger partial charge in [0.15, 0.2) is 0 Å². The van der Waals surface area contributed by atoms with Gasteiger partial charge in [-0.25, -0.2) is 4.79 Å². The number of nitrogens with zero attached hydrogens (tertiary/aromatic N) is 1. The van der Waals surface area contributed by atoms with Gasteiger partial charge in [-0.15, -0.1) is 0 Å². The zero-order valence-electron chi connectivity index (χ0n) is 12.6. The predicted molar refractivity (Wildman–Crippen MR) is 83.2 cm³/mol. The molecule has 1 heterocycles. The monoisotopic (exact) mass is 305 g/mol. The number of carboxylic acid groups (broad SMARTS) is 1. The summed E-state index contributed by atoms with van der Waals surface area (Å²) in [5.41, 5.74) is 6.58. The number of hydrogen-bond acceptors (Lipinski definition) is 3. The summed E-state index contributed by atoms with van der Waals surface area (Å²) in [4.78, 5) is 23.8. The van der Waals surface area contributed by atoms with E-state index in [1.165, 1.54) is 5.56 Å². The Bertz CT molecular complexity index is 507. The normalized spacial score (nSPS) is 21.5. The van der Waals surface area contributed by atoms with Crippen molar-refractivity contribution in [2.75, 3.05) is 13.1 Å². The second-order valence-corrected chi connectivity index (χ2v) is 5.84. The van der Waals surface area contributed by atoms with Crippen molar-refractivity contribution < 1.29 is 14.7 Å². The lowest BCUT2D eigenvalue weighted by atomic mass is 9.90. The standard InChI is InChI=1S/C16H23N3O3/c17-16(22)19-10-13(6-7-15(20)21)8-14(11-19)18-9-12-4-2-1-3-5-12/h1-5,13-14,18H,6-11H2,(H2,17,22)(H,20,21). The minimum atomic E-state index is -0.801. The van der Waals surface area contributed by atoms with Gasteiger partial charge in [-0.05, 0) is 24.3 Å². The third kappa shape index (κ3) is 5.04. The number of carbonyl (C=O) groups excluding carboxylic acids is 1. The van der Waals surface area contributed by atoms with Crippen molar-refractivity contribution in [1.29, 1.82) is 0 Å². The largest absolute Gasteiger partial charge is 0.481 e. The maximum absolute atomic E-state index is 11.5. The number of nitrogens with one attached hydrogen (secondary N) is 1. The Hall–Kier alpha value is -2.08. The molecule has 0 saturated carbocycles. The number of carboxylic acids is 1. The van der Waals surface area contributed by atoms with Crippen LogP contribution in [-0.2, 0) is 11.3 Å².